The first kappa shape index (κ1) is 37.5. The van der Waals surface area contributed by atoms with E-state index in [1.807, 2.05) is 38.1 Å². The monoisotopic (exact) mass is 748 g/mol. The summed E-state index contributed by atoms with van der Waals surface area (Å²) >= 11 is 1.05. The van der Waals surface area contributed by atoms with Crippen molar-refractivity contribution in [2.45, 2.75) is 71.2 Å². The fraction of sp³-hybridized carbons (Fsp3) is 0.457. The van der Waals surface area contributed by atoms with Crippen molar-refractivity contribution >= 4 is 66.6 Å². The molecule has 0 fully saturated rings. The Morgan fingerprint density at radius 1 is 1.06 bits per heavy atom. The van der Waals surface area contributed by atoms with Crippen LogP contribution in [0.3, 0.4) is 0 Å². The van der Waals surface area contributed by atoms with Crippen LogP contribution >= 0.6 is 23.1 Å². The van der Waals surface area contributed by atoms with Crippen LogP contribution in [0.5, 0.6) is 11.5 Å². The van der Waals surface area contributed by atoms with E-state index in [1.54, 1.807) is 23.1 Å². The molecule has 0 amide bonds. The van der Waals surface area contributed by atoms with Gasteiger partial charge in [0.15, 0.2) is 6.54 Å². The Labute approximate surface area is 300 Å². The normalized spacial score (nSPS) is 18.9. The molecule has 1 N–H and O–H groups in total. The van der Waals surface area contributed by atoms with Crippen molar-refractivity contribution in [1.29, 1.82) is 0 Å². The molecule has 2 unspecified atom stereocenters. The van der Waals surface area contributed by atoms with E-state index in [9.17, 15) is 17.2 Å². The number of thiazole rings is 1. The first-order valence-electron chi connectivity index (χ1n) is 16.6. The summed E-state index contributed by atoms with van der Waals surface area (Å²) in [6.45, 7) is 10.6. The molecule has 1 aliphatic carbocycles. The molecule has 266 valence electrons. The Morgan fingerprint density at radius 3 is 2.49 bits per heavy atom. The molecular formula is C35H44N2O8S4. The largest absolute Gasteiger partial charge is 0.748 e. The minimum atomic E-state index is -4.33. The number of nitrogens with zero attached hydrogens (tertiary/aromatic N) is 2. The highest BCUT2D eigenvalue weighted by atomic mass is 32.2. The fourth-order valence-corrected chi connectivity index (χ4v) is 9.25. The molecule has 10 nitrogen and oxygen atoms in total. The fourth-order valence-electron chi connectivity index (χ4n) is 6.23. The van der Waals surface area contributed by atoms with Gasteiger partial charge in [-0.25, -0.2) is 8.42 Å². The average Bonchev–Trinajstić information content (AvgIpc) is 3.57. The highest BCUT2D eigenvalue weighted by molar-refractivity contribution is 8.03. The molecule has 3 aromatic rings. The van der Waals surface area contributed by atoms with Gasteiger partial charge in [0.25, 0.3) is 5.01 Å². The molecule has 5 rings (SSSR count). The lowest BCUT2D eigenvalue weighted by Gasteiger charge is -2.27. The molecule has 0 radical (unpaired) electrons. The zero-order valence-electron chi connectivity index (χ0n) is 28.3. The van der Waals surface area contributed by atoms with Crippen molar-refractivity contribution in [3.05, 3.63) is 69.2 Å². The van der Waals surface area contributed by atoms with Gasteiger partial charge in [0.2, 0.25) is 5.52 Å². The number of ether oxygens (including phenoxy) is 2. The van der Waals surface area contributed by atoms with Gasteiger partial charge in [-0.1, -0.05) is 36.4 Å². The van der Waals surface area contributed by atoms with Crippen LogP contribution in [0.1, 0.15) is 64.8 Å². The SMILES string of the molecule is CCOc1ccc2c(c1)N(CCCOS(=O)O)C(=CC1=C(C)C(=Cc3sc4ccc(OCC)cc4[n+]3CCCS(=O)(=O)[O-])CC(CC)C1)S2. The van der Waals surface area contributed by atoms with Crippen molar-refractivity contribution in [2.75, 3.05) is 37.0 Å². The van der Waals surface area contributed by atoms with Crippen LogP contribution in [0.2, 0.25) is 0 Å². The number of thioether (sulfide) groups is 1. The van der Waals surface area contributed by atoms with Crippen molar-refractivity contribution in [3.63, 3.8) is 0 Å². The third-order valence-electron chi connectivity index (χ3n) is 8.67. The van der Waals surface area contributed by atoms with E-state index >= 15 is 0 Å². The van der Waals surface area contributed by atoms with Gasteiger partial charge in [0, 0.05) is 35.8 Å². The topological polar surface area (TPSA) is 129 Å². The van der Waals surface area contributed by atoms with E-state index in [1.165, 1.54) is 16.7 Å². The minimum Gasteiger partial charge on any atom is -0.748 e. The lowest BCUT2D eigenvalue weighted by molar-refractivity contribution is -0.668. The summed E-state index contributed by atoms with van der Waals surface area (Å²) in [5, 5.41) is 2.08. The Balaban J connectivity index is 1.54. The number of hydrogen-bond acceptors (Lipinski definition) is 10. The van der Waals surface area contributed by atoms with Crippen LogP contribution < -0.4 is 18.9 Å². The van der Waals surface area contributed by atoms with Gasteiger partial charge >= 0.3 is 11.4 Å². The van der Waals surface area contributed by atoms with Gasteiger partial charge in [-0.2, -0.15) is 8.78 Å². The summed E-state index contributed by atoms with van der Waals surface area (Å²) in [4.78, 5) is 3.36. The molecule has 2 atom stereocenters. The Hall–Kier alpha value is -2.72. The first-order chi connectivity index (χ1) is 23.5. The summed E-state index contributed by atoms with van der Waals surface area (Å²) in [6.07, 6.45) is 8.19. The third-order valence-corrected chi connectivity index (χ3v) is 12.0. The second-order valence-electron chi connectivity index (χ2n) is 12.0. The predicted octanol–water partition coefficient (Wildman–Crippen LogP) is 7.44. The number of hydrogen-bond donors (Lipinski definition) is 1. The van der Waals surface area contributed by atoms with Gasteiger partial charge in [0.1, 0.15) is 16.2 Å². The predicted molar refractivity (Wildman–Crippen MR) is 196 cm³/mol. The summed E-state index contributed by atoms with van der Waals surface area (Å²) in [5.74, 6) is 1.57. The van der Waals surface area contributed by atoms with E-state index in [4.69, 9.17) is 18.2 Å². The number of aryl methyl sites for hydroxylation is 1. The van der Waals surface area contributed by atoms with Gasteiger partial charge in [-0.15, -0.1) is 0 Å². The maximum atomic E-state index is 11.5. The van der Waals surface area contributed by atoms with Gasteiger partial charge in [0.05, 0.1) is 46.7 Å². The molecule has 1 aromatic heterocycles. The van der Waals surface area contributed by atoms with Crippen LogP contribution in [0, 0.1) is 5.92 Å². The zero-order valence-corrected chi connectivity index (χ0v) is 31.6. The van der Waals surface area contributed by atoms with Crippen molar-refractivity contribution in [3.8, 4) is 11.5 Å². The van der Waals surface area contributed by atoms with E-state index in [2.05, 4.69) is 47.6 Å². The molecule has 49 heavy (non-hydrogen) atoms. The van der Waals surface area contributed by atoms with Crippen LogP contribution in [0.25, 0.3) is 16.3 Å². The number of allylic oxidation sites excluding steroid dienone is 4. The lowest BCUT2D eigenvalue weighted by Crippen LogP contribution is -2.36. The first-order valence-corrected chi connectivity index (χ1v) is 20.8. The van der Waals surface area contributed by atoms with E-state index in [-0.39, 0.29) is 13.0 Å². The second kappa shape index (κ2) is 17.0. The summed E-state index contributed by atoms with van der Waals surface area (Å²) < 4.78 is 74.2. The number of aromatic nitrogens is 1. The Kier molecular flexibility index (Phi) is 13.0. The molecule has 1 aliphatic heterocycles. The average molecular weight is 749 g/mol. The molecule has 2 aromatic carbocycles. The van der Waals surface area contributed by atoms with Crippen molar-refractivity contribution < 1.29 is 40.0 Å². The Bertz CT molecular complexity index is 1880. The summed E-state index contributed by atoms with van der Waals surface area (Å²) in [5.41, 5.74) is 5.70. The van der Waals surface area contributed by atoms with Crippen LogP contribution in [0.15, 0.2) is 69.1 Å². The van der Waals surface area contributed by atoms with Gasteiger partial charge in [-0.05, 0) is 93.0 Å². The van der Waals surface area contributed by atoms with Crippen molar-refractivity contribution in [2.24, 2.45) is 5.92 Å². The van der Waals surface area contributed by atoms with E-state index < -0.39 is 27.2 Å². The highest BCUT2D eigenvalue weighted by Gasteiger charge is 2.29. The molecule has 0 saturated heterocycles. The smallest absolute Gasteiger partial charge is 0.301 e. The van der Waals surface area contributed by atoms with Gasteiger partial charge in [-0.3, -0.25) is 8.74 Å². The molecule has 0 bridgehead atoms. The van der Waals surface area contributed by atoms with Crippen LogP contribution in [0.4, 0.5) is 5.69 Å². The third kappa shape index (κ3) is 9.75. The zero-order chi connectivity index (χ0) is 35.1. The quantitative estimate of drug-likeness (QED) is 0.0683. The maximum absolute atomic E-state index is 11.5. The van der Waals surface area contributed by atoms with Crippen molar-refractivity contribution in [1.82, 2.24) is 0 Å². The highest BCUT2D eigenvalue weighted by Crippen LogP contribution is 2.49. The maximum Gasteiger partial charge on any atom is 0.301 e. The van der Waals surface area contributed by atoms with E-state index in [0.717, 1.165) is 61.6 Å². The molecular weight excluding hydrogens is 705 g/mol. The van der Waals surface area contributed by atoms with E-state index in [0.29, 0.717) is 38.6 Å². The molecule has 14 heteroatoms. The molecule has 2 aliphatic rings. The summed E-state index contributed by atoms with van der Waals surface area (Å²) in [7, 11) is -4.33. The summed E-state index contributed by atoms with van der Waals surface area (Å²) in [6, 6.07) is 12.1. The standard InChI is InChI=1S/C35H44N2O8S4/c1-5-25-18-26(20-34-36(14-8-16-45-48(38)39)30-22-28(43-6-2)10-12-32(30)46-34)24(4)27(19-25)21-35-37(15-9-17-49(40,41)42)31-23-29(44-7-3)11-13-33(31)47-35/h10-13,20-23,25H,5-9,14-19H2,1-4H3,(H-,38,39,40,41,42). The number of fused-ring (bicyclic) bond motifs is 2. The number of anilines is 1. The molecule has 0 saturated carbocycles. The molecule has 2 heterocycles. The lowest BCUT2D eigenvalue weighted by atomic mass is 9.79. The second-order valence-corrected chi connectivity index (χ2v) is 16.3. The van der Waals surface area contributed by atoms with Crippen LogP contribution in [-0.2, 0) is 32.2 Å². The Morgan fingerprint density at radius 2 is 1.80 bits per heavy atom. The van der Waals surface area contributed by atoms with Gasteiger partial charge < -0.3 is 18.9 Å². The molecule has 0 spiro atoms. The minimum absolute atomic E-state index is 0.159. The van der Waals surface area contributed by atoms with Crippen LogP contribution in [-0.4, -0.2) is 53.9 Å². The number of benzene rings is 2. The number of rotatable bonds is 16.